The predicted molar refractivity (Wildman–Crippen MR) is 112 cm³/mol. The van der Waals surface area contributed by atoms with Crippen LogP contribution in [-0.2, 0) is 14.8 Å². The van der Waals surface area contributed by atoms with Gasteiger partial charge in [-0.05, 0) is 55.7 Å². The Bertz CT molecular complexity index is 1030. The summed E-state index contributed by atoms with van der Waals surface area (Å²) in [5, 5.41) is 2.57. The normalized spacial score (nSPS) is 17.7. The second kappa shape index (κ2) is 8.81. The van der Waals surface area contributed by atoms with E-state index in [4.69, 9.17) is 4.74 Å². The number of methoxy groups -OCH3 is 1. The molecule has 2 aromatic rings. The van der Waals surface area contributed by atoms with E-state index in [-0.39, 0.29) is 22.9 Å². The zero-order valence-corrected chi connectivity index (χ0v) is 18.5. The summed E-state index contributed by atoms with van der Waals surface area (Å²) >= 11 is 3.17. The minimum atomic E-state index is -3.83. The number of sulfonamides is 1. The van der Waals surface area contributed by atoms with Crippen LogP contribution in [0.25, 0.3) is 0 Å². The maximum absolute atomic E-state index is 14.0. The van der Waals surface area contributed by atoms with Crippen LogP contribution in [0.2, 0.25) is 0 Å². The molecule has 1 aliphatic rings. The van der Waals surface area contributed by atoms with Gasteiger partial charge in [-0.3, -0.25) is 4.79 Å². The van der Waals surface area contributed by atoms with Gasteiger partial charge in [-0.1, -0.05) is 22.0 Å². The zero-order valence-electron chi connectivity index (χ0n) is 16.1. The van der Waals surface area contributed by atoms with E-state index in [1.165, 1.54) is 23.5 Å². The summed E-state index contributed by atoms with van der Waals surface area (Å²) in [5.74, 6) is -1.27. The van der Waals surface area contributed by atoms with Gasteiger partial charge in [0.25, 0.3) is 0 Å². The number of anilines is 1. The first-order valence-electron chi connectivity index (χ1n) is 9.13. The molecule has 1 unspecified atom stereocenters. The molecule has 156 valence electrons. The summed E-state index contributed by atoms with van der Waals surface area (Å²) in [6.07, 6.45) is 1.06. The number of benzene rings is 2. The average Bonchev–Trinajstić information content (AvgIpc) is 2.70. The molecule has 1 heterocycles. The molecule has 1 aliphatic heterocycles. The van der Waals surface area contributed by atoms with Gasteiger partial charge in [0.2, 0.25) is 15.9 Å². The number of carbonyl (C=O) groups excluding carboxylic acids is 1. The van der Waals surface area contributed by atoms with Gasteiger partial charge in [-0.15, -0.1) is 0 Å². The molecule has 1 amide bonds. The molecule has 0 aliphatic carbocycles. The maximum atomic E-state index is 14.0. The summed E-state index contributed by atoms with van der Waals surface area (Å²) in [5.41, 5.74) is 0.861. The Morgan fingerprint density at radius 1 is 1.28 bits per heavy atom. The number of hydrogen-bond acceptors (Lipinski definition) is 4. The van der Waals surface area contributed by atoms with Crippen LogP contribution in [0, 0.1) is 18.7 Å². The molecule has 1 fully saturated rings. The Labute approximate surface area is 178 Å². The Hall–Kier alpha value is -1.97. The lowest BCUT2D eigenvalue weighted by Gasteiger charge is -2.31. The minimum absolute atomic E-state index is 0.0312. The lowest BCUT2D eigenvalue weighted by molar-refractivity contribution is -0.120. The van der Waals surface area contributed by atoms with Crippen LogP contribution in [0.1, 0.15) is 18.4 Å². The van der Waals surface area contributed by atoms with Crippen molar-refractivity contribution in [2.75, 3.05) is 25.5 Å². The smallest absolute Gasteiger partial charge is 0.246 e. The SMILES string of the molecule is COc1ccc(C)cc1S(=O)(=O)N1CCCC(C(=O)Nc2ccc(Br)cc2F)C1. The monoisotopic (exact) mass is 484 g/mol. The number of piperidine rings is 1. The summed E-state index contributed by atoms with van der Waals surface area (Å²) in [4.78, 5) is 12.7. The van der Waals surface area contributed by atoms with Gasteiger partial charge in [0, 0.05) is 17.6 Å². The van der Waals surface area contributed by atoms with Gasteiger partial charge in [0.15, 0.2) is 0 Å². The molecule has 0 saturated carbocycles. The van der Waals surface area contributed by atoms with E-state index < -0.39 is 27.7 Å². The highest BCUT2D eigenvalue weighted by molar-refractivity contribution is 9.10. The van der Waals surface area contributed by atoms with Crippen LogP contribution in [0.5, 0.6) is 5.75 Å². The van der Waals surface area contributed by atoms with Gasteiger partial charge in [-0.25, -0.2) is 12.8 Å². The molecular weight excluding hydrogens is 463 g/mol. The first-order chi connectivity index (χ1) is 13.7. The quantitative estimate of drug-likeness (QED) is 0.696. The Morgan fingerprint density at radius 3 is 2.72 bits per heavy atom. The van der Waals surface area contributed by atoms with Crippen molar-refractivity contribution < 1.29 is 22.3 Å². The highest BCUT2D eigenvalue weighted by Crippen LogP contribution is 2.31. The molecule has 1 saturated heterocycles. The van der Waals surface area contributed by atoms with Gasteiger partial charge in [0.1, 0.15) is 16.5 Å². The van der Waals surface area contributed by atoms with Crippen LogP contribution >= 0.6 is 15.9 Å². The van der Waals surface area contributed by atoms with Crippen molar-refractivity contribution in [2.45, 2.75) is 24.7 Å². The summed E-state index contributed by atoms with van der Waals surface area (Å²) in [6.45, 7) is 2.15. The molecule has 0 bridgehead atoms. The minimum Gasteiger partial charge on any atom is -0.495 e. The molecule has 9 heteroatoms. The molecule has 3 rings (SSSR count). The summed E-state index contributed by atoms with van der Waals surface area (Å²) in [6, 6.07) is 9.31. The van der Waals surface area contributed by atoms with E-state index in [0.717, 1.165) is 5.56 Å². The third-order valence-corrected chi connectivity index (χ3v) is 7.26. The number of nitrogens with zero attached hydrogens (tertiary/aromatic N) is 1. The largest absolute Gasteiger partial charge is 0.495 e. The lowest BCUT2D eigenvalue weighted by Crippen LogP contribution is -2.43. The van der Waals surface area contributed by atoms with E-state index in [1.807, 2.05) is 0 Å². The fourth-order valence-corrected chi connectivity index (χ4v) is 5.42. The van der Waals surface area contributed by atoms with Crippen molar-refractivity contribution in [1.82, 2.24) is 4.31 Å². The highest BCUT2D eigenvalue weighted by atomic mass is 79.9. The molecule has 0 aromatic heterocycles. The number of carbonyl (C=O) groups is 1. The van der Waals surface area contributed by atoms with Crippen LogP contribution in [0.4, 0.5) is 10.1 Å². The van der Waals surface area contributed by atoms with Crippen LogP contribution in [0.3, 0.4) is 0 Å². The Morgan fingerprint density at radius 2 is 2.03 bits per heavy atom. The highest BCUT2D eigenvalue weighted by Gasteiger charge is 2.35. The summed E-state index contributed by atoms with van der Waals surface area (Å²) in [7, 11) is -2.41. The number of ether oxygens (including phenoxy) is 1. The van der Waals surface area contributed by atoms with Crippen molar-refractivity contribution in [3.63, 3.8) is 0 Å². The Balaban J connectivity index is 1.79. The first-order valence-corrected chi connectivity index (χ1v) is 11.4. The van der Waals surface area contributed by atoms with Crippen molar-refractivity contribution in [3.05, 3.63) is 52.3 Å². The van der Waals surface area contributed by atoms with E-state index in [2.05, 4.69) is 21.2 Å². The van der Waals surface area contributed by atoms with Crippen LogP contribution in [-0.4, -0.2) is 38.8 Å². The van der Waals surface area contributed by atoms with Gasteiger partial charge >= 0.3 is 0 Å². The van der Waals surface area contributed by atoms with E-state index in [1.54, 1.807) is 31.2 Å². The maximum Gasteiger partial charge on any atom is 0.246 e. The Kier molecular flexibility index (Phi) is 6.60. The third kappa shape index (κ3) is 4.79. The fourth-order valence-electron chi connectivity index (χ4n) is 3.32. The van der Waals surface area contributed by atoms with Gasteiger partial charge < -0.3 is 10.1 Å². The number of amides is 1. The van der Waals surface area contributed by atoms with Crippen molar-refractivity contribution >= 4 is 37.5 Å². The third-order valence-electron chi connectivity index (χ3n) is 4.88. The fraction of sp³-hybridized carbons (Fsp3) is 0.350. The molecule has 0 radical (unpaired) electrons. The van der Waals surface area contributed by atoms with E-state index in [0.29, 0.717) is 23.9 Å². The zero-order chi connectivity index (χ0) is 21.2. The number of hydrogen-bond donors (Lipinski definition) is 1. The predicted octanol–water partition coefficient (Wildman–Crippen LogP) is 3.94. The first kappa shape index (κ1) is 21.7. The molecule has 2 aromatic carbocycles. The van der Waals surface area contributed by atoms with E-state index >= 15 is 0 Å². The standard InChI is InChI=1S/C20H22BrFN2O4S/c1-13-5-8-18(28-2)19(10-13)29(26,27)24-9-3-4-14(12-24)20(25)23-17-7-6-15(21)11-16(17)22/h5-8,10-11,14H,3-4,9,12H2,1-2H3,(H,23,25). The molecular formula is C20H22BrFN2O4S. The molecule has 1 atom stereocenters. The number of halogens is 2. The molecule has 0 spiro atoms. The van der Waals surface area contributed by atoms with Crippen molar-refractivity contribution in [1.29, 1.82) is 0 Å². The van der Waals surface area contributed by atoms with Gasteiger partial charge in [-0.2, -0.15) is 4.31 Å². The number of nitrogens with one attached hydrogen (secondary N) is 1. The second-order valence-corrected chi connectivity index (χ2v) is 9.79. The molecule has 6 nitrogen and oxygen atoms in total. The van der Waals surface area contributed by atoms with Crippen LogP contribution < -0.4 is 10.1 Å². The van der Waals surface area contributed by atoms with Crippen molar-refractivity contribution in [3.8, 4) is 5.75 Å². The second-order valence-electron chi connectivity index (χ2n) is 6.97. The summed E-state index contributed by atoms with van der Waals surface area (Å²) < 4.78 is 47.5. The van der Waals surface area contributed by atoms with Gasteiger partial charge in [0.05, 0.1) is 18.7 Å². The number of aryl methyl sites for hydroxylation is 1. The molecule has 1 N–H and O–H groups in total. The molecule has 29 heavy (non-hydrogen) atoms. The number of rotatable bonds is 5. The van der Waals surface area contributed by atoms with Crippen LogP contribution in [0.15, 0.2) is 45.8 Å². The average molecular weight is 485 g/mol. The lowest BCUT2D eigenvalue weighted by atomic mass is 9.98. The van der Waals surface area contributed by atoms with Crippen molar-refractivity contribution in [2.24, 2.45) is 5.92 Å². The van der Waals surface area contributed by atoms with E-state index in [9.17, 15) is 17.6 Å². The topological polar surface area (TPSA) is 75.7 Å².